The van der Waals surface area contributed by atoms with Crippen molar-refractivity contribution in [2.75, 3.05) is 0 Å². The molecule has 1 saturated carbocycles. The van der Waals surface area contributed by atoms with Crippen LogP contribution in [0.4, 0.5) is 0 Å². The summed E-state index contributed by atoms with van der Waals surface area (Å²) in [6.45, 7) is 1.76. The predicted molar refractivity (Wildman–Crippen MR) is 115 cm³/mol. The molecule has 1 heterocycles. The predicted octanol–water partition coefficient (Wildman–Crippen LogP) is 4.42. The number of benzene rings is 2. The molecule has 6 nitrogen and oxygen atoms in total. The van der Waals surface area contributed by atoms with Gasteiger partial charge in [0.05, 0.1) is 29.2 Å². The standard InChI is InChI=1S/C23H22ClN3O3/c1-15(28)30-19-9-7-18(8-10-19)27-21-11-6-16(13-25)12-22(21)26(23(27)29)14-17-4-2-3-5-20(17)24/h2-6,11-12,18-19H,7-10,14H2,1H3/t18-,19-. The fraction of sp³-hybridized carbons (Fsp3) is 0.348. The summed E-state index contributed by atoms with van der Waals surface area (Å²) < 4.78 is 8.86. The Morgan fingerprint density at radius 3 is 2.57 bits per heavy atom. The van der Waals surface area contributed by atoms with Crippen molar-refractivity contribution in [1.29, 1.82) is 5.26 Å². The van der Waals surface area contributed by atoms with Gasteiger partial charge in [0.25, 0.3) is 0 Å². The molecule has 2 aromatic carbocycles. The van der Waals surface area contributed by atoms with Crippen molar-refractivity contribution >= 4 is 28.6 Å². The van der Waals surface area contributed by atoms with Crippen LogP contribution in [0.3, 0.4) is 0 Å². The number of carbonyl (C=O) groups excluding carboxylic acids is 1. The molecule has 0 spiro atoms. The molecule has 0 radical (unpaired) electrons. The Kier molecular flexibility index (Phi) is 5.65. The van der Waals surface area contributed by atoms with E-state index in [0.717, 1.165) is 42.3 Å². The van der Waals surface area contributed by atoms with Crippen LogP contribution >= 0.6 is 11.6 Å². The first-order chi connectivity index (χ1) is 14.5. The Hall–Kier alpha value is -3.04. The Labute approximate surface area is 179 Å². The van der Waals surface area contributed by atoms with Gasteiger partial charge in [-0.05, 0) is 55.5 Å². The molecule has 1 aliphatic rings. The zero-order valence-electron chi connectivity index (χ0n) is 16.7. The van der Waals surface area contributed by atoms with Crippen molar-refractivity contribution in [2.24, 2.45) is 0 Å². The summed E-state index contributed by atoms with van der Waals surface area (Å²) in [5, 5.41) is 9.94. The van der Waals surface area contributed by atoms with Crippen molar-refractivity contribution in [2.45, 2.75) is 51.3 Å². The van der Waals surface area contributed by atoms with Gasteiger partial charge in [0.1, 0.15) is 6.10 Å². The maximum Gasteiger partial charge on any atom is 0.329 e. The lowest BCUT2D eigenvalue weighted by molar-refractivity contribution is -0.148. The lowest BCUT2D eigenvalue weighted by atomic mass is 9.92. The molecule has 4 rings (SSSR count). The molecule has 0 atom stereocenters. The summed E-state index contributed by atoms with van der Waals surface area (Å²) in [4.78, 5) is 24.7. The quantitative estimate of drug-likeness (QED) is 0.582. The minimum Gasteiger partial charge on any atom is -0.463 e. The number of esters is 1. The number of imidazole rings is 1. The van der Waals surface area contributed by atoms with E-state index in [9.17, 15) is 14.9 Å². The van der Waals surface area contributed by atoms with Gasteiger partial charge in [0, 0.05) is 18.0 Å². The highest BCUT2D eigenvalue weighted by Gasteiger charge is 2.28. The molecule has 0 unspecified atom stereocenters. The van der Waals surface area contributed by atoms with Crippen LogP contribution in [-0.4, -0.2) is 21.2 Å². The third-order valence-corrected chi connectivity index (χ3v) is 6.09. The van der Waals surface area contributed by atoms with Gasteiger partial charge in [0.15, 0.2) is 0 Å². The van der Waals surface area contributed by atoms with Gasteiger partial charge < -0.3 is 4.74 Å². The Bertz CT molecular complexity index is 1200. The second-order valence-electron chi connectivity index (χ2n) is 7.69. The summed E-state index contributed by atoms with van der Waals surface area (Å²) in [5.41, 5.74) is 2.77. The fourth-order valence-corrected chi connectivity index (χ4v) is 4.50. The van der Waals surface area contributed by atoms with Crippen LogP contribution in [0.2, 0.25) is 5.02 Å². The third kappa shape index (κ3) is 3.86. The number of carbonyl (C=O) groups is 1. The van der Waals surface area contributed by atoms with Crippen LogP contribution in [0.1, 0.15) is 49.8 Å². The maximum absolute atomic E-state index is 13.5. The zero-order valence-corrected chi connectivity index (χ0v) is 17.4. The van der Waals surface area contributed by atoms with Gasteiger partial charge in [-0.1, -0.05) is 29.8 Å². The summed E-state index contributed by atoms with van der Waals surface area (Å²) in [6.07, 6.45) is 2.87. The van der Waals surface area contributed by atoms with Crippen LogP contribution in [-0.2, 0) is 16.1 Å². The Morgan fingerprint density at radius 2 is 1.90 bits per heavy atom. The van der Waals surface area contributed by atoms with E-state index in [1.54, 1.807) is 22.8 Å². The van der Waals surface area contributed by atoms with E-state index < -0.39 is 0 Å². The summed E-state index contributed by atoms with van der Waals surface area (Å²) in [7, 11) is 0. The minimum absolute atomic E-state index is 0.0206. The molecular weight excluding hydrogens is 402 g/mol. The number of nitrogens with zero attached hydrogens (tertiary/aromatic N) is 3. The summed E-state index contributed by atoms with van der Waals surface area (Å²) in [5.74, 6) is -0.268. The molecule has 1 aromatic heterocycles. The topological polar surface area (TPSA) is 77.0 Å². The van der Waals surface area contributed by atoms with Crippen LogP contribution in [0, 0.1) is 11.3 Å². The number of hydrogen-bond donors (Lipinski definition) is 0. The second-order valence-corrected chi connectivity index (χ2v) is 8.09. The first-order valence-corrected chi connectivity index (χ1v) is 10.4. The zero-order chi connectivity index (χ0) is 21.3. The number of aromatic nitrogens is 2. The van der Waals surface area contributed by atoms with E-state index in [4.69, 9.17) is 16.3 Å². The molecule has 0 N–H and O–H groups in total. The number of rotatable bonds is 4. The van der Waals surface area contributed by atoms with Crippen LogP contribution in [0.15, 0.2) is 47.3 Å². The number of hydrogen-bond acceptors (Lipinski definition) is 4. The molecule has 0 aliphatic heterocycles. The average Bonchev–Trinajstić information content (AvgIpc) is 3.00. The van der Waals surface area contributed by atoms with E-state index in [0.29, 0.717) is 17.1 Å². The van der Waals surface area contributed by atoms with E-state index in [1.807, 2.05) is 28.8 Å². The highest BCUT2D eigenvalue weighted by atomic mass is 35.5. The minimum atomic E-state index is -0.268. The highest BCUT2D eigenvalue weighted by Crippen LogP contribution is 2.32. The molecule has 154 valence electrons. The molecule has 0 saturated heterocycles. The maximum atomic E-state index is 13.5. The third-order valence-electron chi connectivity index (χ3n) is 5.72. The van der Waals surface area contributed by atoms with E-state index in [2.05, 4.69) is 6.07 Å². The van der Waals surface area contributed by atoms with Crippen molar-refractivity contribution in [3.8, 4) is 6.07 Å². The van der Waals surface area contributed by atoms with Gasteiger partial charge >= 0.3 is 11.7 Å². The fourth-order valence-electron chi connectivity index (χ4n) is 4.31. The number of ether oxygens (including phenoxy) is 1. The van der Waals surface area contributed by atoms with Crippen molar-refractivity contribution in [3.63, 3.8) is 0 Å². The van der Waals surface area contributed by atoms with Gasteiger partial charge in [-0.15, -0.1) is 0 Å². The first-order valence-electron chi connectivity index (χ1n) is 10.0. The van der Waals surface area contributed by atoms with Gasteiger partial charge in [-0.3, -0.25) is 13.9 Å². The van der Waals surface area contributed by atoms with E-state index >= 15 is 0 Å². The average molecular weight is 424 g/mol. The Balaban J connectivity index is 1.75. The van der Waals surface area contributed by atoms with Crippen molar-refractivity contribution in [3.05, 3.63) is 69.1 Å². The van der Waals surface area contributed by atoms with Gasteiger partial charge in [-0.2, -0.15) is 5.26 Å². The smallest absolute Gasteiger partial charge is 0.329 e. The molecule has 1 aliphatic carbocycles. The van der Waals surface area contributed by atoms with Gasteiger partial charge in [0.2, 0.25) is 0 Å². The second kappa shape index (κ2) is 8.37. The van der Waals surface area contributed by atoms with Crippen LogP contribution in [0.25, 0.3) is 11.0 Å². The summed E-state index contributed by atoms with van der Waals surface area (Å²) >= 11 is 6.33. The van der Waals surface area contributed by atoms with Gasteiger partial charge in [-0.25, -0.2) is 4.79 Å². The molecular formula is C23H22ClN3O3. The summed E-state index contributed by atoms with van der Waals surface area (Å²) in [6, 6.07) is 15.0. The van der Waals surface area contributed by atoms with E-state index in [1.165, 1.54) is 6.92 Å². The van der Waals surface area contributed by atoms with E-state index in [-0.39, 0.29) is 23.8 Å². The van der Waals surface area contributed by atoms with Crippen molar-refractivity contribution in [1.82, 2.24) is 9.13 Å². The number of halogens is 1. The molecule has 0 bridgehead atoms. The highest BCUT2D eigenvalue weighted by molar-refractivity contribution is 6.31. The normalized spacial score (nSPS) is 18.8. The molecule has 3 aromatic rings. The monoisotopic (exact) mass is 423 g/mol. The van der Waals surface area contributed by atoms with Crippen LogP contribution in [0.5, 0.6) is 0 Å². The molecule has 30 heavy (non-hydrogen) atoms. The lowest BCUT2D eigenvalue weighted by Crippen LogP contribution is -2.32. The largest absolute Gasteiger partial charge is 0.463 e. The Morgan fingerprint density at radius 1 is 1.17 bits per heavy atom. The molecule has 1 fully saturated rings. The SMILES string of the molecule is CC(=O)O[C@H]1CC[C@H](n2c(=O)n(Cc3ccccc3Cl)c3cc(C#N)ccc32)CC1. The molecule has 7 heteroatoms. The van der Waals surface area contributed by atoms with Crippen LogP contribution < -0.4 is 5.69 Å². The molecule has 0 amide bonds. The van der Waals surface area contributed by atoms with Crippen molar-refractivity contribution < 1.29 is 9.53 Å². The number of fused-ring (bicyclic) bond motifs is 1. The lowest BCUT2D eigenvalue weighted by Gasteiger charge is -2.28. The first kappa shape index (κ1) is 20.2. The number of nitriles is 1.